The molecule has 104 valence electrons. The third kappa shape index (κ3) is 4.51. The van der Waals surface area contributed by atoms with Crippen LogP contribution in [0.1, 0.15) is 25.7 Å². The second kappa shape index (κ2) is 6.91. The zero-order chi connectivity index (χ0) is 13.7. The highest BCUT2D eigenvalue weighted by atomic mass is 35.5. The lowest BCUT2D eigenvalue weighted by molar-refractivity contribution is -0.119. The second-order valence-electron chi connectivity index (χ2n) is 4.48. The Morgan fingerprint density at radius 2 is 1.95 bits per heavy atom. The molecule has 1 aromatic rings. The molecule has 19 heavy (non-hydrogen) atoms. The fraction of sp³-hybridized carbons (Fsp3) is 0.583. The maximum absolute atomic E-state index is 11.2. The average molecular weight is 304 g/mol. The number of halogens is 2. The largest absolute Gasteiger partial charge is 0.460 e. The first-order chi connectivity index (χ1) is 9.17. The highest BCUT2D eigenvalue weighted by Crippen LogP contribution is 2.22. The van der Waals surface area contributed by atoms with Gasteiger partial charge in [-0.1, -0.05) is 11.6 Å². The van der Waals surface area contributed by atoms with E-state index in [1.54, 1.807) is 0 Å². The standard InChI is InChI=1S/C12H15Cl2N3O2/c13-5-11(18)17-9-1-3-10(4-2-9)19-12-15-6-8(14)7-16-12/h6-7,9-10H,1-5H2,(H,17,18). The average Bonchev–Trinajstić information content (AvgIpc) is 2.43. The molecule has 1 fully saturated rings. The van der Waals surface area contributed by atoms with Crippen LogP contribution in [-0.2, 0) is 4.79 Å². The van der Waals surface area contributed by atoms with Crippen molar-refractivity contribution in [2.75, 3.05) is 5.88 Å². The summed E-state index contributed by atoms with van der Waals surface area (Å²) in [5.74, 6) is -0.109. The van der Waals surface area contributed by atoms with Gasteiger partial charge in [-0.05, 0) is 25.7 Å². The summed E-state index contributed by atoms with van der Waals surface area (Å²) in [5, 5.41) is 3.37. The van der Waals surface area contributed by atoms with Crippen LogP contribution in [0, 0.1) is 0 Å². The molecule has 0 bridgehead atoms. The van der Waals surface area contributed by atoms with E-state index in [1.165, 1.54) is 12.4 Å². The zero-order valence-electron chi connectivity index (χ0n) is 10.3. The molecule has 0 aliphatic heterocycles. The molecule has 5 nitrogen and oxygen atoms in total. The van der Waals surface area contributed by atoms with Gasteiger partial charge in [-0.25, -0.2) is 9.97 Å². The van der Waals surface area contributed by atoms with Gasteiger partial charge in [-0.3, -0.25) is 4.79 Å². The van der Waals surface area contributed by atoms with E-state index in [0.717, 1.165) is 25.7 Å². The van der Waals surface area contributed by atoms with Crippen molar-refractivity contribution in [3.05, 3.63) is 17.4 Å². The van der Waals surface area contributed by atoms with E-state index in [1.807, 2.05) is 0 Å². The van der Waals surface area contributed by atoms with Crippen molar-refractivity contribution in [1.82, 2.24) is 15.3 Å². The van der Waals surface area contributed by atoms with Crippen molar-refractivity contribution >= 4 is 29.1 Å². The quantitative estimate of drug-likeness (QED) is 0.866. The van der Waals surface area contributed by atoms with Crippen LogP contribution in [0.5, 0.6) is 6.01 Å². The van der Waals surface area contributed by atoms with E-state index in [0.29, 0.717) is 11.0 Å². The van der Waals surface area contributed by atoms with Gasteiger partial charge in [0.2, 0.25) is 5.91 Å². The monoisotopic (exact) mass is 303 g/mol. The number of amides is 1. The van der Waals surface area contributed by atoms with E-state index >= 15 is 0 Å². The minimum atomic E-state index is -0.118. The van der Waals surface area contributed by atoms with Crippen LogP contribution in [0.4, 0.5) is 0 Å². The lowest BCUT2D eigenvalue weighted by Gasteiger charge is -2.28. The third-order valence-electron chi connectivity index (χ3n) is 3.03. The van der Waals surface area contributed by atoms with Crippen molar-refractivity contribution in [3.8, 4) is 6.01 Å². The highest BCUT2D eigenvalue weighted by molar-refractivity contribution is 6.30. The number of carbonyl (C=O) groups is 1. The molecule has 0 unspecified atom stereocenters. The molecule has 0 spiro atoms. The van der Waals surface area contributed by atoms with E-state index < -0.39 is 0 Å². The van der Waals surface area contributed by atoms with Gasteiger partial charge in [0.25, 0.3) is 0 Å². The summed E-state index contributed by atoms with van der Waals surface area (Å²) in [6, 6.07) is 0.537. The van der Waals surface area contributed by atoms with Crippen molar-refractivity contribution in [2.24, 2.45) is 0 Å². The summed E-state index contributed by atoms with van der Waals surface area (Å²) in [6.45, 7) is 0. The fourth-order valence-electron chi connectivity index (χ4n) is 2.10. The van der Waals surface area contributed by atoms with Gasteiger partial charge >= 0.3 is 6.01 Å². The zero-order valence-corrected chi connectivity index (χ0v) is 11.8. The summed E-state index contributed by atoms with van der Waals surface area (Å²) >= 11 is 11.2. The summed E-state index contributed by atoms with van der Waals surface area (Å²) in [7, 11) is 0. The van der Waals surface area contributed by atoms with Crippen LogP contribution < -0.4 is 10.1 Å². The van der Waals surface area contributed by atoms with Gasteiger partial charge in [0, 0.05) is 6.04 Å². The number of hydrogen-bond acceptors (Lipinski definition) is 4. The lowest BCUT2D eigenvalue weighted by Crippen LogP contribution is -2.40. The highest BCUT2D eigenvalue weighted by Gasteiger charge is 2.23. The Morgan fingerprint density at radius 1 is 1.32 bits per heavy atom. The van der Waals surface area contributed by atoms with Crippen LogP contribution in [-0.4, -0.2) is 33.9 Å². The van der Waals surface area contributed by atoms with Crippen molar-refractivity contribution < 1.29 is 9.53 Å². The number of hydrogen-bond donors (Lipinski definition) is 1. The molecule has 0 radical (unpaired) electrons. The van der Waals surface area contributed by atoms with Crippen molar-refractivity contribution in [2.45, 2.75) is 37.8 Å². The SMILES string of the molecule is O=C(CCl)NC1CCC(Oc2ncc(Cl)cn2)CC1. The van der Waals surface area contributed by atoms with Crippen molar-refractivity contribution in [1.29, 1.82) is 0 Å². The predicted molar refractivity (Wildman–Crippen MR) is 72.6 cm³/mol. The first-order valence-corrected chi connectivity index (χ1v) is 7.08. The number of aromatic nitrogens is 2. The molecule has 0 aromatic carbocycles. The Labute approximate surface area is 121 Å². The minimum Gasteiger partial charge on any atom is -0.460 e. The Bertz CT molecular complexity index is 419. The number of nitrogens with zero attached hydrogens (tertiary/aromatic N) is 2. The topological polar surface area (TPSA) is 64.1 Å². The minimum absolute atomic E-state index is 0.00897. The summed E-state index contributed by atoms with van der Waals surface area (Å²) < 4.78 is 5.67. The molecule has 1 aromatic heterocycles. The van der Waals surface area contributed by atoms with Gasteiger partial charge in [0.1, 0.15) is 12.0 Å². The Balaban J connectivity index is 1.77. The van der Waals surface area contributed by atoms with Crippen LogP contribution in [0.3, 0.4) is 0 Å². The van der Waals surface area contributed by atoms with Gasteiger partial charge < -0.3 is 10.1 Å². The molecule has 7 heteroatoms. The van der Waals surface area contributed by atoms with E-state index in [-0.39, 0.29) is 23.9 Å². The lowest BCUT2D eigenvalue weighted by atomic mass is 9.93. The van der Waals surface area contributed by atoms with E-state index in [9.17, 15) is 4.79 Å². The molecular weight excluding hydrogens is 289 g/mol. The van der Waals surface area contributed by atoms with Gasteiger partial charge in [0.05, 0.1) is 17.4 Å². The number of carbonyl (C=O) groups excluding carboxylic acids is 1. The van der Waals surface area contributed by atoms with E-state index in [2.05, 4.69) is 15.3 Å². The van der Waals surface area contributed by atoms with Gasteiger partial charge in [0.15, 0.2) is 0 Å². The molecule has 1 saturated carbocycles. The Kier molecular flexibility index (Phi) is 5.22. The number of ether oxygens (including phenoxy) is 1. The second-order valence-corrected chi connectivity index (χ2v) is 5.18. The third-order valence-corrected chi connectivity index (χ3v) is 3.47. The summed E-state index contributed by atoms with van der Waals surface area (Å²) in [4.78, 5) is 19.2. The molecule has 2 rings (SSSR count). The molecular formula is C12H15Cl2N3O2. The Hall–Kier alpha value is -1.07. The van der Waals surface area contributed by atoms with Crippen LogP contribution in [0.2, 0.25) is 5.02 Å². The van der Waals surface area contributed by atoms with Crippen LogP contribution in [0.25, 0.3) is 0 Å². The molecule has 1 aliphatic carbocycles. The smallest absolute Gasteiger partial charge is 0.316 e. The maximum Gasteiger partial charge on any atom is 0.316 e. The number of alkyl halides is 1. The maximum atomic E-state index is 11.2. The predicted octanol–water partition coefficient (Wildman–Crippen LogP) is 2.17. The van der Waals surface area contributed by atoms with Crippen LogP contribution in [0.15, 0.2) is 12.4 Å². The molecule has 1 heterocycles. The number of rotatable bonds is 4. The number of nitrogens with one attached hydrogen (secondary N) is 1. The van der Waals surface area contributed by atoms with E-state index in [4.69, 9.17) is 27.9 Å². The van der Waals surface area contributed by atoms with Crippen molar-refractivity contribution in [3.63, 3.8) is 0 Å². The normalized spacial score (nSPS) is 22.8. The summed E-state index contributed by atoms with van der Waals surface area (Å²) in [5.41, 5.74) is 0. The molecule has 0 atom stereocenters. The first kappa shape index (κ1) is 14.3. The summed E-state index contributed by atoms with van der Waals surface area (Å²) in [6.07, 6.45) is 6.58. The molecule has 1 aliphatic rings. The molecule has 1 amide bonds. The fourth-order valence-corrected chi connectivity index (χ4v) is 2.28. The van der Waals surface area contributed by atoms with Gasteiger partial charge in [-0.2, -0.15) is 0 Å². The first-order valence-electron chi connectivity index (χ1n) is 6.17. The van der Waals surface area contributed by atoms with Crippen LogP contribution >= 0.6 is 23.2 Å². The van der Waals surface area contributed by atoms with Gasteiger partial charge in [-0.15, -0.1) is 11.6 Å². The Morgan fingerprint density at radius 3 is 2.53 bits per heavy atom. The molecule has 0 saturated heterocycles. The molecule has 1 N–H and O–H groups in total.